The van der Waals surface area contributed by atoms with Crippen LogP contribution in [0.3, 0.4) is 0 Å². The molecule has 1 saturated heterocycles. The van der Waals surface area contributed by atoms with Crippen LogP contribution in [0.5, 0.6) is 0 Å². The lowest BCUT2D eigenvalue weighted by Gasteiger charge is -2.42. The van der Waals surface area contributed by atoms with Crippen molar-refractivity contribution in [1.82, 2.24) is 19.7 Å². The summed E-state index contributed by atoms with van der Waals surface area (Å²) in [5, 5.41) is 9.00. The maximum atomic E-state index is 12.7. The molecule has 144 valence electrons. The van der Waals surface area contributed by atoms with Crippen molar-refractivity contribution in [1.29, 1.82) is 0 Å². The van der Waals surface area contributed by atoms with Crippen molar-refractivity contribution < 1.29 is 14.7 Å². The zero-order valence-electron chi connectivity index (χ0n) is 16.0. The zero-order valence-corrected chi connectivity index (χ0v) is 16.0. The van der Waals surface area contributed by atoms with Crippen LogP contribution in [0.25, 0.3) is 0 Å². The smallest absolute Gasteiger partial charge is 0.303 e. The fourth-order valence-electron chi connectivity index (χ4n) is 3.71. The third-order valence-corrected chi connectivity index (χ3v) is 5.02. The average molecular weight is 362 g/mol. The Kier molecular flexibility index (Phi) is 7.53. The average Bonchev–Trinajstić information content (AvgIpc) is 2.60. The summed E-state index contributed by atoms with van der Waals surface area (Å²) in [6.07, 6.45) is 5.19. The number of carbonyl (C=O) groups is 2. The summed E-state index contributed by atoms with van der Waals surface area (Å²) in [4.78, 5) is 33.8. The van der Waals surface area contributed by atoms with E-state index < -0.39 is 5.97 Å². The maximum absolute atomic E-state index is 12.7. The van der Waals surface area contributed by atoms with Gasteiger partial charge in [-0.15, -0.1) is 0 Å². The highest BCUT2D eigenvalue weighted by atomic mass is 16.4. The van der Waals surface area contributed by atoms with Crippen LogP contribution >= 0.6 is 0 Å². The van der Waals surface area contributed by atoms with E-state index in [9.17, 15) is 9.59 Å². The molecule has 2 rings (SSSR count). The number of carbonyl (C=O) groups excluding carboxylic acids is 1. The molecule has 0 aromatic carbocycles. The predicted molar refractivity (Wildman–Crippen MR) is 99.6 cm³/mol. The van der Waals surface area contributed by atoms with Crippen molar-refractivity contribution >= 4 is 11.9 Å². The van der Waals surface area contributed by atoms with Gasteiger partial charge in [0.15, 0.2) is 0 Å². The van der Waals surface area contributed by atoms with Gasteiger partial charge >= 0.3 is 5.97 Å². The number of nitrogens with zero attached hydrogens (tertiary/aromatic N) is 4. The Bertz CT molecular complexity index is 594. The van der Waals surface area contributed by atoms with Gasteiger partial charge in [0, 0.05) is 44.5 Å². The Morgan fingerprint density at radius 1 is 1.35 bits per heavy atom. The van der Waals surface area contributed by atoms with Crippen LogP contribution in [-0.2, 0) is 16.1 Å². The van der Waals surface area contributed by atoms with Crippen molar-refractivity contribution in [3.63, 3.8) is 0 Å². The highest BCUT2D eigenvalue weighted by Gasteiger charge is 2.32. The van der Waals surface area contributed by atoms with E-state index in [2.05, 4.69) is 9.88 Å². The normalized spacial score (nSPS) is 20.6. The minimum atomic E-state index is -0.776. The highest BCUT2D eigenvalue weighted by Crippen LogP contribution is 2.25. The van der Waals surface area contributed by atoms with Crippen LogP contribution < -0.4 is 0 Å². The van der Waals surface area contributed by atoms with E-state index in [4.69, 9.17) is 5.11 Å². The second-order valence-corrected chi connectivity index (χ2v) is 7.39. The summed E-state index contributed by atoms with van der Waals surface area (Å²) in [6.45, 7) is 2.39. The number of pyridine rings is 1. The van der Waals surface area contributed by atoms with Gasteiger partial charge in [0.25, 0.3) is 0 Å². The topological polar surface area (TPSA) is 77.0 Å². The highest BCUT2D eigenvalue weighted by molar-refractivity contribution is 5.78. The molecule has 0 unspecified atom stereocenters. The number of aliphatic carboxylic acids is 1. The van der Waals surface area contributed by atoms with E-state index in [1.54, 1.807) is 6.20 Å². The van der Waals surface area contributed by atoms with Crippen molar-refractivity contribution in [3.05, 3.63) is 30.1 Å². The third kappa shape index (κ3) is 6.07. The third-order valence-electron chi connectivity index (χ3n) is 5.02. The van der Waals surface area contributed by atoms with Gasteiger partial charge in [-0.2, -0.15) is 0 Å². The van der Waals surface area contributed by atoms with Gasteiger partial charge in [0.05, 0.1) is 6.54 Å². The second kappa shape index (κ2) is 9.64. The first-order chi connectivity index (χ1) is 12.4. The van der Waals surface area contributed by atoms with E-state index in [-0.39, 0.29) is 18.2 Å². The minimum absolute atomic E-state index is 0.105. The number of likely N-dealkylation sites (tertiary alicyclic amines) is 1. The van der Waals surface area contributed by atoms with Crippen molar-refractivity contribution in [2.75, 3.05) is 40.8 Å². The first-order valence-corrected chi connectivity index (χ1v) is 9.10. The number of hydrogen-bond donors (Lipinski definition) is 1. The number of aromatic nitrogens is 1. The lowest BCUT2D eigenvalue weighted by Crippen LogP contribution is -2.52. The first-order valence-electron chi connectivity index (χ1n) is 9.10. The van der Waals surface area contributed by atoms with Crippen LogP contribution in [0.1, 0.15) is 24.8 Å². The molecule has 0 bridgehead atoms. The Balaban J connectivity index is 1.90. The summed E-state index contributed by atoms with van der Waals surface area (Å²) in [5.74, 6) is -0.474. The number of likely N-dealkylation sites (N-methyl/N-ethyl adjacent to an activating group) is 1. The molecule has 0 spiro atoms. The fourth-order valence-corrected chi connectivity index (χ4v) is 3.71. The lowest BCUT2D eigenvalue weighted by molar-refractivity contribution is -0.137. The molecule has 0 saturated carbocycles. The molecule has 7 nitrogen and oxygen atoms in total. The predicted octanol–water partition coefficient (Wildman–Crippen LogP) is 1.16. The van der Waals surface area contributed by atoms with Crippen molar-refractivity contribution in [2.45, 2.75) is 31.8 Å². The number of rotatable bonds is 8. The van der Waals surface area contributed by atoms with Gasteiger partial charge in [-0.05, 0) is 51.5 Å². The number of carboxylic acid groups (broad SMARTS) is 1. The minimum Gasteiger partial charge on any atom is -0.481 e. The summed E-state index contributed by atoms with van der Waals surface area (Å²) in [6, 6.07) is 4.22. The van der Waals surface area contributed by atoms with Gasteiger partial charge in [-0.25, -0.2) is 0 Å². The molecule has 1 aromatic rings. The van der Waals surface area contributed by atoms with Crippen LogP contribution in [0.15, 0.2) is 24.5 Å². The van der Waals surface area contributed by atoms with Crippen LogP contribution in [-0.4, -0.2) is 83.5 Å². The van der Waals surface area contributed by atoms with Crippen molar-refractivity contribution in [2.24, 2.45) is 5.92 Å². The van der Waals surface area contributed by atoms with E-state index >= 15 is 0 Å². The standard InChI is InChI=1S/C19H30N4O3/c1-21(2)17-8-10-23(13-16(17)6-7-19(25)26)18(24)14-22(3)12-15-5-4-9-20-11-15/h4-5,9,11,16-17H,6-8,10,12-14H2,1-3H3,(H,25,26)/t16-,17+/m0/s1. The Morgan fingerprint density at radius 3 is 2.73 bits per heavy atom. The number of amides is 1. The number of piperidine rings is 1. The maximum Gasteiger partial charge on any atom is 0.303 e. The molecule has 1 fully saturated rings. The summed E-state index contributed by atoms with van der Waals surface area (Å²) in [5.41, 5.74) is 1.08. The molecule has 26 heavy (non-hydrogen) atoms. The molecule has 2 heterocycles. The monoisotopic (exact) mass is 362 g/mol. The Hall–Kier alpha value is -1.99. The van der Waals surface area contributed by atoms with Gasteiger partial charge in [0.1, 0.15) is 0 Å². The SMILES string of the molecule is CN(CC(=O)N1CC[C@@H](N(C)C)[C@@H](CCC(=O)O)C1)Cc1cccnc1. The Labute approximate surface area is 155 Å². The fraction of sp³-hybridized carbons (Fsp3) is 0.632. The molecular weight excluding hydrogens is 332 g/mol. The first kappa shape index (κ1) is 20.3. The van der Waals surface area contributed by atoms with Crippen LogP contribution in [0, 0.1) is 5.92 Å². The van der Waals surface area contributed by atoms with Crippen LogP contribution in [0.4, 0.5) is 0 Å². The summed E-state index contributed by atoms with van der Waals surface area (Å²) in [7, 11) is 5.98. The van der Waals surface area contributed by atoms with E-state index in [0.717, 1.165) is 18.5 Å². The molecule has 2 atom stereocenters. The molecule has 0 radical (unpaired) electrons. The Morgan fingerprint density at radius 2 is 2.12 bits per heavy atom. The van der Waals surface area contributed by atoms with E-state index in [0.29, 0.717) is 32.1 Å². The molecule has 0 aliphatic carbocycles. The van der Waals surface area contributed by atoms with E-state index in [1.165, 1.54) is 0 Å². The van der Waals surface area contributed by atoms with Gasteiger partial charge in [-0.1, -0.05) is 6.07 Å². The number of carboxylic acids is 1. The second-order valence-electron chi connectivity index (χ2n) is 7.39. The summed E-state index contributed by atoms with van der Waals surface area (Å²) < 4.78 is 0. The molecule has 1 N–H and O–H groups in total. The number of hydrogen-bond acceptors (Lipinski definition) is 5. The van der Waals surface area contributed by atoms with Gasteiger partial charge in [-0.3, -0.25) is 19.5 Å². The van der Waals surface area contributed by atoms with Gasteiger partial charge < -0.3 is 14.9 Å². The van der Waals surface area contributed by atoms with E-state index in [1.807, 2.05) is 49.3 Å². The van der Waals surface area contributed by atoms with Crippen LogP contribution in [0.2, 0.25) is 0 Å². The quantitative estimate of drug-likeness (QED) is 0.748. The molecule has 1 amide bonds. The van der Waals surface area contributed by atoms with Gasteiger partial charge in [0.2, 0.25) is 5.91 Å². The zero-order chi connectivity index (χ0) is 19.1. The lowest BCUT2D eigenvalue weighted by atomic mass is 9.87. The molecular formula is C19H30N4O3. The molecule has 1 aliphatic rings. The largest absolute Gasteiger partial charge is 0.481 e. The van der Waals surface area contributed by atoms with Crippen molar-refractivity contribution in [3.8, 4) is 0 Å². The molecule has 1 aromatic heterocycles. The summed E-state index contributed by atoms with van der Waals surface area (Å²) >= 11 is 0. The molecule has 7 heteroatoms. The molecule has 1 aliphatic heterocycles.